The number of hydrogen-bond donors (Lipinski definition) is 2. The summed E-state index contributed by atoms with van der Waals surface area (Å²) < 4.78 is 0. The van der Waals surface area contributed by atoms with E-state index in [1.165, 1.54) is 0 Å². The van der Waals surface area contributed by atoms with Crippen LogP contribution in [0.5, 0.6) is 0 Å². The first-order valence-electron chi connectivity index (χ1n) is 5.46. The zero-order valence-corrected chi connectivity index (χ0v) is 11.4. The van der Waals surface area contributed by atoms with Crippen LogP contribution in [0.15, 0.2) is 35.0 Å². The fourth-order valence-electron chi connectivity index (χ4n) is 1.60. The molecule has 0 fully saturated rings. The van der Waals surface area contributed by atoms with E-state index in [1.807, 2.05) is 23.8 Å². The van der Waals surface area contributed by atoms with E-state index in [4.69, 9.17) is 17.3 Å². The molecule has 0 saturated carbocycles. The summed E-state index contributed by atoms with van der Waals surface area (Å²) in [4.78, 5) is 12.1. The van der Waals surface area contributed by atoms with Gasteiger partial charge < -0.3 is 11.1 Å². The maximum absolute atomic E-state index is 12.1. The second-order valence-corrected chi connectivity index (χ2v) is 5.18. The number of benzene rings is 1. The molecule has 1 aromatic carbocycles. The van der Waals surface area contributed by atoms with Crippen molar-refractivity contribution in [1.82, 2.24) is 5.32 Å². The van der Waals surface area contributed by atoms with Gasteiger partial charge >= 0.3 is 0 Å². The normalized spacial score (nSPS) is 12.1. The molecule has 3 nitrogen and oxygen atoms in total. The number of amides is 1. The van der Waals surface area contributed by atoms with Gasteiger partial charge in [-0.3, -0.25) is 4.79 Å². The van der Waals surface area contributed by atoms with Crippen LogP contribution in [0.1, 0.15) is 28.9 Å². The number of carbonyl (C=O) groups is 1. The molecule has 1 unspecified atom stereocenters. The van der Waals surface area contributed by atoms with Crippen LogP contribution < -0.4 is 11.1 Å². The summed E-state index contributed by atoms with van der Waals surface area (Å²) in [6, 6.07) is 6.80. The molecule has 5 heteroatoms. The monoisotopic (exact) mass is 280 g/mol. The number of nitrogens with two attached hydrogens (primary N) is 1. The van der Waals surface area contributed by atoms with Gasteiger partial charge in [0.15, 0.2) is 0 Å². The van der Waals surface area contributed by atoms with Crippen LogP contribution in [-0.2, 0) is 0 Å². The topological polar surface area (TPSA) is 55.1 Å². The number of carbonyl (C=O) groups excluding carboxylic acids is 1. The lowest BCUT2D eigenvalue weighted by Gasteiger charge is -2.13. The average Bonchev–Trinajstić information content (AvgIpc) is 2.85. The molecule has 18 heavy (non-hydrogen) atoms. The Balaban J connectivity index is 2.15. The molecule has 0 radical (unpaired) electrons. The van der Waals surface area contributed by atoms with E-state index in [1.54, 1.807) is 29.5 Å². The van der Waals surface area contributed by atoms with E-state index in [2.05, 4.69) is 5.32 Å². The van der Waals surface area contributed by atoms with Crippen molar-refractivity contribution in [3.8, 4) is 0 Å². The standard InChI is InChI=1S/C13H13ClN2OS/c1-8(9-4-5-18-7-9)16-13(17)11-6-10(15)2-3-12(11)14/h2-8H,15H2,1H3,(H,16,17). The van der Waals surface area contributed by atoms with Crippen molar-refractivity contribution in [1.29, 1.82) is 0 Å². The van der Waals surface area contributed by atoms with Gasteiger partial charge in [0.1, 0.15) is 0 Å². The molecule has 1 amide bonds. The van der Waals surface area contributed by atoms with Crippen molar-refractivity contribution >= 4 is 34.5 Å². The van der Waals surface area contributed by atoms with Gasteiger partial charge in [-0.25, -0.2) is 0 Å². The fraction of sp³-hybridized carbons (Fsp3) is 0.154. The Kier molecular flexibility index (Phi) is 3.89. The molecule has 0 spiro atoms. The van der Waals surface area contributed by atoms with Crippen molar-refractivity contribution in [2.45, 2.75) is 13.0 Å². The molecule has 0 aliphatic rings. The lowest BCUT2D eigenvalue weighted by Crippen LogP contribution is -2.26. The highest BCUT2D eigenvalue weighted by Crippen LogP contribution is 2.21. The third-order valence-electron chi connectivity index (χ3n) is 2.63. The van der Waals surface area contributed by atoms with Crippen molar-refractivity contribution in [3.05, 3.63) is 51.2 Å². The van der Waals surface area contributed by atoms with Crippen molar-refractivity contribution in [2.24, 2.45) is 0 Å². The second kappa shape index (κ2) is 5.42. The molecule has 0 aliphatic heterocycles. The van der Waals surface area contributed by atoms with Crippen LogP contribution >= 0.6 is 22.9 Å². The number of nitrogen functional groups attached to an aromatic ring is 1. The maximum atomic E-state index is 12.1. The maximum Gasteiger partial charge on any atom is 0.253 e. The van der Waals surface area contributed by atoms with Crippen LogP contribution in [0.2, 0.25) is 5.02 Å². The van der Waals surface area contributed by atoms with E-state index in [0.29, 0.717) is 16.3 Å². The molecule has 1 heterocycles. The number of thiophene rings is 1. The summed E-state index contributed by atoms with van der Waals surface area (Å²) in [5.74, 6) is -0.217. The van der Waals surface area contributed by atoms with Crippen LogP contribution in [0.25, 0.3) is 0 Å². The number of nitrogens with one attached hydrogen (secondary N) is 1. The highest BCUT2D eigenvalue weighted by molar-refractivity contribution is 7.07. The number of anilines is 1. The van der Waals surface area contributed by atoms with Crippen molar-refractivity contribution in [2.75, 3.05) is 5.73 Å². The zero-order chi connectivity index (χ0) is 13.1. The Morgan fingerprint density at radius 2 is 2.22 bits per heavy atom. The second-order valence-electron chi connectivity index (χ2n) is 3.99. The molecule has 1 aromatic heterocycles. The Hall–Kier alpha value is -1.52. The Morgan fingerprint density at radius 3 is 2.89 bits per heavy atom. The fourth-order valence-corrected chi connectivity index (χ4v) is 2.55. The Morgan fingerprint density at radius 1 is 1.44 bits per heavy atom. The van der Waals surface area contributed by atoms with E-state index in [0.717, 1.165) is 5.56 Å². The molecule has 2 rings (SSSR count). The molecule has 94 valence electrons. The molecular weight excluding hydrogens is 268 g/mol. The highest BCUT2D eigenvalue weighted by Gasteiger charge is 2.14. The summed E-state index contributed by atoms with van der Waals surface area (Å²) in [7, 11) is 0. The number of hydrogen-bond acceptors (Lipinski definition) is 3. The van der Waals surface area contributed by atoms with Gasteiger partial charge in [0.2, 0.25) is 0 Å². The summed E-state index contributed by atoms with van der Waals surface area (Å²) in [6.45, 7) is 1.93. The van der Waals surface area contributed by atoms with Crippen LogP contribution in [-0.4, -0.2) is 5.91 Å². The van der Waals surface area contributed by atoms with Gasteiger partial charge in [0, 0.05) is 5.69 Å². The quantitative estimate of drug-likeness (QED) is 0.846. The first-order valence-corrected chi connectivity index (χ1v) is 6.78. The smallest absolute Gasteiger partial charge is 0.253 e. The predicted molar refractivity (Wildman–Crippen MR) is 76.1 cm³/mol. The summed E-state index contributed by atoms with van der Waals surface area (Å²) in [5.41, 5.74) is 7.65. The van der Waals surface area contributed by atoms with Gasteiger partial charge in [0.05, 0.1) is 16.6 Å². The summed E-state index contributed by atoms with van der Waals surface area (Å²) in [5, 5.41) is 7.28. The molecule has 0 bridgehead atoms. The summed E-state index contributed by atoms with van der Waals surface area (Å²) in [6.07, 6.45) is 0. The first-order chi connectivity index (χ1) is 8.58. The van der Waals surface area contributed by atoms with Crippen LogP contribution in [0.4, 0.5) is 5.69 Å². The van der Waals surface area contributed by atoms with E-state index in [9.17, 15) is 4.79 Å². The van der Waals surface area contributed by atoms with E-state index in [-0.39, 0.29) is 11.9 Å². The van der Waals surface area contributed by atoms with Crippen molar-refractivity contribution < 1.29 is 4.79 Å². The predicted octanol–water partition coefficient (Wildman–Crippen LogP) is 3.47. The van der Waals surface area contributed by atoms with Gasteiger partial charge in [-0.2, -0.15) is 11.3 Å². The van der Waals surface area contributed by atoms with E-state index < -0.39 is 0 Å². The van der Waals surface area contributed by atoms with Gasteiger partial charge in [-0.05, 0) is 47.5 Å². The third kappa shape index (κ3) is 2.83. The Bertz CT molecular complexity index is 554. The molecule has 1 atom stereocenters. The minimum absolute atomic E-state index is 0.0544. The van der Waals surface area contributed by atoms with Gasteiger partial charge in [0.25, 0.3) is 5.91 Å². The SMILES string of the molecule is CC(NC(=O)c1cc(N)ccc1Cl)c1ccsc1. The van der Waals surface area contributed by atoms with Gasteiger partial charge in [-0.15, -0.1) is 0 Å². The van der Waals surface area contributed by atoms with E-state index >= 15 is 0 Å². The number of rotatable bonds is 3. The van der Waals surface area contributed by atoms with Crippen LogP contribution in [0, 0.1) is 0 Å². The van der Waals surface area contributed by atoms with Gasteiger partial charge in [-0.1, -0.05) is 11.6 Å². The molecule has 3 N–H and O–H groups in total. The minimum atomic E-state index is -0.217. The average molecular weight is 281 g/mol. The summed E-state index contributed by atoms with van der Waals surface area (Å²) >= 11 is 7.58. The lowest BCUT2D eigenvalue weighted by atomic mass is 10.1. The minimum Gasteiger partial charge on any atom is -0.399 e. The van der Waals surface area contributed by atoms with Crippen LogP contribution in [0.3, 0.4) is 0 Å². The molecular formula is C13H13ClN2OS. The number of halogens is 1. The largest absolute Gasteiger partial charge is 0.399 e. The Labute approximate surface area is 115 Å². The molecule has 0 saturated heterocycles. The van der Waals surface area contributed by atoms with Crippen molar-refractivity contribution in [3.63, 3.8) is 0 Å². The molecule has 2 aromatic rings. The lowest BCUT2D eigenvalue weighted by molar-refractivity contribution is 0.0940. The zero-order valence-electron chi connectivity index (χ0n) is 9.81. The highest BCUT2D eigenvalue weighted by atomic mass is 35.5. The molecule has 0 aliphatic carbocycles. The first kappa shape index (κ1) is 12.9. The third-order valence-corrected chi connectivity index (χ3v) is 3.66.